The predicted octanol–water partition coefficient (Wildman–Crippen LogP) is 7.02. The second-order valence-corrected chi connectivity index (χ2v) is 12.3. The Morgan fingerprint density at radius 3 is 2.49 bits per heavy atom. The number of phenols is 1. The van der Waals surface area contributed by atoms with Crippen molar-refractivity contribution in [3.8, 4) is 5.75 Å². The van der Waals surface area contributed by atoms with Gasteiger partial charge in [-0.15, -0.1) is 0 Å². The van der Waals surface area contributed by atoms with Crippen molar-refractivity contribution in [2.24, 2.45) is 17.8 Å². The van der Waals surface area contributed by atoms with E-state index in [1.54, 1.807) is 25.4 Å². The highest BCUT2D eigenvalue weighted by molar-refractivity contribution is 6.22. The zero-order valence-electron chi connectivity index (χ0n) is 26.2. The zero-order valence-corrected chi connectivity index (χ0v) is 26.2. The number of aromatic hydroxyl groups is 1. The highest BCUT2D eigenvalue weighted by atomic mass is 16.5. The van der Waals surface area contributed by atoms with Crippen LogP contribution in [-0.2, 0) is 19.1 Å². The third-order valence-electron chi connectivity index (χ3n) is 9.40. The van der Waals surface area contributed by atoms with Crippen LogP contribution in [-0.4, -0.2) is 48.3 Å². The van der Waals surface area contributed by atoms with E-state index in [1.165, 1.54) is 4.90 Å². The minimum Gasteiger partial charge on any atom is -0.508 e. The van der Waals surface area contributed by atoms with Gasteiger partial charge >= 0.3 is 0 Å². The number of hydrogen-bond donors (Lipinski definition) is 2. The minimum atomic E-state index is -0.469. The number of benzene rings is 3. The van der Waals surface area contributed by atoms with Crippen LogP contribution in [0.5, 0.6) is 5.75 Å². The molecule has 4 aromatic rings. The summed E-state index contributed by atoms with van der Waals surface area (Å²) in [4.78, 5) is 33.9. The van der Waals surface area contributed by atoms with Crippen LogP contribution in [0, 0.1) is 17.8 Å². The maximum atomic E-state index is 14.1. The van der Waals surface area contributed by atoms with Gasteiger partial charge in [0, 0.05) is 30.6 Å². The summed E-state index contributed by atoms with van der Waals surface area (Å²) in [5.74, 6) is -1.21. The molecule has 0 saturated carbocycles. The predicted molar refractivity (Wildman–Crippen MR) is 182 cm³/mol. The lowest BCUT2D eigenvalue weighted by Crippen LogP contribution is -2.35. The minimum absolute atomic E-state index is 0.161. The molecule has 0 spiro atoms. The van der Waals surface area contributed by atoms with E-state index in [2.05, 4.69) is 10.3 Å². The van der Waals surface area contributed by atoms with Crippen LogP contribution in [0.25, 0.3) is 11.6 Å². The normalized spacial score (nSPS) is 22.4. The first-order valence-electron chi connectivity index (χ1n) is 16.0. The number of carbonyl (C=O) groups excluding carboxylic acids is 2. The molecule has 3 aliphatic rings. The monoisotopic (exact) mass is 627 g/mol. The molecule has 8 nitrogen and oxygen atoms in total. The number of allylic oxidation sites excluding steroid dienone is 1. The zero-order chi connectivity index (χ0) is 32.3. The van der Waals surface area contributed by atoms with Crippen molar-refractivity contribution in [3.05, 3.63) is 126 Å². The number of methoxy groups -OCH3 is 1. The van der Waals surface area contributed by atoms with Gasteiger partial charge in [-0.05, 0) is 108 Å². The van der Waals surface area contributed by atoms with E-state index in [-0.39, 0.29) is 29.6 Å². The van der Waals surface area contributed by atoms with Gasteiger partial charge in [0.05, 0.1) is 42.5 Å². The number of imide groups is 1. The molecule has 7 rings (SSSR count). The molecular weight excluding hydrogens is 590 g/mol. The Kier molecular flexibility index (Phi) is 8.70. The maximum absolute atomic E-state index is 14.1. The van der Waals surface area contributed by atoms with Crippen LogP contribution >= 0.6 is 0 Å². The van der Waals surface area contributed by atoms with Crippen LogP contribution in [0.15, 0.2) is 114 Å². The van der Waals surface area contributed by atoms with Crippen molar-refractivity contribution in [2.45, 2.75) is 25.4 Å². The summed E-state index contributed by atoms with van der Waals surface area (Å²) in [6.45, 7) is 0.777. The highest BCUT2D eigenvalue weighted by Crippen LogP contribution is 2.50. The number of para-hydroxylation sites is 1. The molecule has 1 aromatic heterocycles. The number of amides is 2. The highest BCUT2D eigenvalue weighted by Gasteiger charge is 2.57. The molecule has 238 valence electrons. The summed E-state index contributed by atoms with van der Waals surface area (Å²) < 4.78 is 12.1. The van der Waals surface area contributed by atoms with Crippen molar-refractivity contribution >= 4 is 40.5 Å². The second kappa shape index (κ2) is 13.4. The van der Waals surface area contributed by atoms with E-state index in [1.807, 2.05) is 91.0 Å². The lowest BCUT2D eigenvalue weighted by Gasteiger charge is -2.31. The fourth-order valence-electron chi connectivity index (χ4n) is 7.35. The molecule has 4 atom stereocenters. The number of rotatable bonds is 10. The molecule has 1 aliphatic carbocycles. The van der Waals surface area contributed by atoms with Gasteiger partial charge in [0.25, 0.3) is 0 Å². The van der Waals surface area contributed by atoms with Gasteiger partial charge in [0.15, 0.2) is 0 Å². The molecule has 8 heteroatoms. The van der Waals surface area contributed by atoms with Crippen molar-refractivity contribution in [1.29, 1.82) is 0 Å². The van der Waals surface area contributed by atoms with Crippen LogP contribution in [0.4, 0.5) is 17.1 Å². The smallest absolute Gasteiger partial charge is 0.238 e. The molecule has 3 aromatic carbocycles. The number of nitrogens with zero attached hydrogens (tertiary/aromatic N) is 2. The molecule has 2 aliphatic heterocycles. The van der Waals surface area contributed by atoms with Gasteiger partial charge in [-0.3, -0.25) is 19.5 Å². The summed E-state index contributed by atoms with van der Waals surface area (Å²) in [5.41, 5.74) is 7.34. The van der Waals surface area contributed by atoms with E-state index in [0.717, 1.165) is 39.4 Å². The van der Waals surface area contributed by atoms with Gasteiger partial charge in [-0.2, -0.15) is 0 Å². The molecule has 0 radical (unpaired) electrons. The second-order valence-electron chi connectivity index (χ2n) is 12.3. The summed E-state index contributed by atoms with van der Waals surface area (Å²) in [6.07, 6.45) is 5.45. The molecule has 3 heterocycles. The van der Waals surface area contributed by atoms with Crippen molar-refractivity contribution in [3.63, 3.8) is 0 Å². The van der Waals surface area contributed by atoms with E-state index in [4.69, 9.17) is 9.47 Å². The maximum Gasteiger partial charge on any atom is 0.238 e. The Labute approximate surface area is 274 Å². The number of nitrogens with one attached hydrogen (secondary N) is 1. The molecule has 2 saturated heterocycles. The summed E-state index contributed by atoms with van der Waals surface area (Å²) in [6, 6.07) is 30.3. The SMILES string of the molecule is COCC1=C2[C@@H](CC/C(=C/c3cccc(O)c3)c3ccccn3)OC[C@@H]2[C@@H]2C(=O)N(c3ccc(Nc4ccccc4)cc3)C(=O)[C@@H]2C1. The molecule has 47 heavy (non-hydrogen) atoms. The molecule has 0 unspecified atom stereocenters. The van der Waals surface area contributed by atoms with Gasteiger partial charge in [-0.1, -0.05) is 36.4 Å². The largest absolute Gasteiger partial charge is 0.508 e. The van der Waals surface area contributed by atoms with Gasteiger partial charge in [0.2, 0.25) is 11.8 Å². The Morgan fingerprint density at radius 1 is 0.957 bits per heavy atom. The van der Waals surface area contributed by atoms with Crippen LogP contribution < -0.4 is 10.2 Å². The van der Waals surface area contributed by atoms with Gasteiger partial charge in [0.1, 0.15) is 5.75 Å². The Balaban J connectivity index is 1.12. The number of phenolic OH excluding ortho intramolecular Hbond substituents is 1. The van der Waals surface area contributed by atoms with Gasteiger partial charge in [-0.25, -0.2) is 0 Å². The number of ether oxygens (including phenoxy) is 2. The summed E-state index contributed by atoms with van der Waals surface area (Å²) in [7, 11) is 1.66. The third-order valence-corrected chi connectivity index (χ3v) is 9.40. The Hall–Kier alpha value is -5.05. The number of aromatic nitrogens is 1. The average molecular weight is 628 g/mol. The van der Waals surface area contributed by atoms with Crippen molar-refractivity contribution in [1.82, 2.24) is 4.98 Å². The number of anilines is 3. The van der Waals surface area contributed by atoms with Crippen LogP contribution in [0.3, 0.4) is 0 Å². The number of fused-ring (bicyclic) bond motifs is 3. The van der Waals surface area contributed by atoms with Gasteiger partial charge < -0.3 is 19.9 Å². The quantitative estimate of drug-likeness (QED) is 0.144. The van der Waals surface area contributed by atoms with Crippen molar-refractivity contribution < 1.29 is 24.2 Å². The third kappa shape index (κ3) is 6.22. The molecule has 2 amide bonds. The fraction of sp³-hybridized carbons (Fsp3) is 0.256. The summed E-state index contributed by atoms with van der Waals surface area (Å²) in [5, 5.41) is 13.4. The Bertz CT molecular complexity index is 1820. The first-order chi connectivity index (χ1) is 23.0. The molecule has 2 fully saturated rings. The first-order valence-corrected chi connectivity index (χ1v) is 16.0. The standard InChI is InChI=1S/C39H37N3O5/c1-46-23-27-22-32-37(39(45)42(38(32)44)30-16-14-29(15-17-30)41-28-9-3-2-4-10-28)33-24-47-35(36(27)33)18-13-26(34-12-5-6-19-40-34)20-25-8-7-11-31(43)21-25/h2-12,14-17,19-21,32-33,35,37,41,43H,13,18,22-24H2,1H3/b26-20-/t32-,33+,35-,37-/m1/s1. The number of hydrogen-bond acceptors (Lipinski definition) is 7. The van der Waals surface area contributed by atoms with Crippen molar-refractivity contribution in [2.75, 3.05) is 30.5 Å². The fourth-order valence-corrected chi connectivity index (χ4v) is 7.35. The van der Waals surface area contributed by atoms with Crippen LogP contribution in [0.2, 0.25) is 0 Å². The summed E-state index contributed by atoms with van der Waals surface area (Å²) >= 11 is 0. The molecular formula is C39H37N3O5. The van der Waals surface area contributed by atoms with Crippen LogP contribution in [0.1, 0.15) is 30.5 Å². The molecule has 2 N–H and O–H groups in total. The Morgan fingerprint density at radius 2 is 1.74 bits per heavy atom. The van der Waals surface area contributed by atoms with E-state index in [0.29, 0.717) is 38.2 Å². The lowest BCUT2D eigenvalue weighted by molar-refractivity contribution is -0.122. The van der Waals surface area contributed by atoms with E-state index in [9.17, 15) is 14.7 Å². The van der Waals surface area contributed by atoms with E-state index < -0.39 is 11.8 Å². The molecule has 0 bridgehead atoms. The average Bonchev–Trinajstić information content (AvgIpc) is 3.62. The van der Waals surface area contributed by atoms with E-state index >= 15 is 0 Å². The lowest BCUT2D eigenvalue weighted by atomic mass is 9.69. The first kappa shape index (κ1) is 30.6. The topological polar surface area (TPSA) is 101 Å². The number of pyridine rings is 1. The number of carbonyl (C=O) groups is 2.